The minimum Gasteiger partial charge on any atom is -0.335 e. The molecule has 1 saturated heterocycles. The van der Waals surface area contributed by atoms with E-state index in [2.05, 4.69) is 34.5 Å². The van der Waals surface area contributed by atoms with E-state index in [1.807, 2.05) is 6.07 Å². The number of urea groups is 1. The Morgan fingerprint density at radius 3 is 2.89 bits per heavy atom. The third-order valence-corrected chi connectivity index (χ3v) is 5.38. The maximum absolute atomic E-state index is 13.3. The molecular weight excluding hydrogens is 342 g/mol. The van der Waals surface area contributed by atoms with E-state index in [0.29, 0.717) is 28.8 Å². The highest BCUT2D eigenvalue weighted by molar-refractivity contribution is 6.16. The Morgan fingerprint density at radius 2 is 2.07 bits per heavy atom. The number of hydrogen-bond donors (Lipinski definition) is 2. The van der Waals surface area contributed by atoms with Crippen LogP contribution in [0, 0.1) is 0 Å². The summed E-state index contributed by atoms with van der Waals surface area (Å²) in [7, 11) is 2.10. The molecule has 7 nitrogen and oxygen atoms in total. The zero-order valence-corrected chi connectivity index (χ0v) is 15.5. The number of pyridine rings is 1. The first kappa shape index (κ1) is 17.5. The maximum atomic E-state index is 13.3. The number of carbonyl (C=O) groups is 2. The van der Waals surface area contributed by atoms with Gasteiger partial charge in [0, 0.05) is 24.8 Å². The van der Waals surface area contributed by atoms with Gasteiger partial charge in [-0.25, -0.2) is 14.7 Å². The molecule has 2 N–H and O–H groups in total. The van der Waals surface area contributed by atoms with Crippen LogP contribution in [0.25, 0.3) is 0 Å². The summed E-state index contributed by atoms with van der Waals surface area (Å²) in [5, 5.41) is 6.00. The lowest BCUT2D eigenvalue weighted by molar-refractivity contribution is 0.102. The molecule has 0 spiro atoms. The van der Waals surface area contributed by atoms with E-state index >= 15 is 0 Å². The number of piperidine rings is 1. The smallest absolute Gasteiger partial charge is 0.328 e. The number of fused-ring (bicyclic) bond motifs is 2. The Morgan fingerprint density at radius 1 is 1.26 bits per heavy atom. The van der Waals surface area contributed by atoms with E-state index in [4.69, 9.17) is 0 Å². The molecular formula is C20H23N5O2. The van der Waals surface area contributed by atoms with E-state index in [1.165, 1.54) is 4.90 Å². The number of amides is 3. The van der Waals surface area contributed by atoms with Crippen LogP contribution >= 0.6 is 0 Å². The molecule has 3 amide bonds. The van der Waals surface area contributed by atoms with Crippen molar-refractivity contribution in [1.29, 1.82) is 0 Å². The van der Waals surface area contributed by atoms with Crippen molar-refractivity contribution in [2.45, 2.75) is 31.8 Å². The van der Waals surface area contributed by atoms with Crippen LogP contribution in [-0.4, -0.2) is 47.5 Å². The number of rotatable bonds is 1. The summed E-state index contributed by atoms with van der Waals surface area (Å²) in [6.07, 6.45) is 3.41. The predicted molar refractivity (Wildman–Crippen MR) is 104 cm³/mol. The van der Waals surface area contributed by atoms with Gasteiger partial charge in [0.05, 0.1) is 16.9 Å². The number of likely N-dealkylation sites (tertiary alicyclic amines) is 1. The predicted octanol–water partition coefficient (Wildman–Crippen LogP) is 2.98. The molecule has 2 atom stereocenters. The van der Waals surface area contributed by atoms with Gasteiger partial charge < -0.3 is 15.5 Å². The van der Waals surface area contributed by atoms with Gasteiger partial charge in [0.25, 0.3) is 5.91 Å². The summed E-state index contributed by atoms with van der Waals surface area (Å²) >= 11 is 0. The van der Waals surface area contributed by atoms with Crippen molar-refractivity contribution in [3.8, 4) is 0 Å². The van der Waals surface area contributed by atoms with E-state index in [9.17, 15) is 9.59 Å². The molecule has 4 rings (SSSR count). The summed E-state index contributed by atoms with van der Waals surface area (Å²) in [4.78, 5) is 34.0. The topological polar surface area (TPSA) is 77.6 Å². The number of para-hydroxylation sites is 1. The van der Waals surface area contributed by atoms with Crippen LogP contribution in [0.2, 0.25) is 0 Å². The SMILES string of the molecule is C[C@H]1C[C@@H](NC(=O)N2c3ccccc3C(=O)Nc3cccnc32)CCN1C. The lowest BCUT2D eigenvalue weighted by atomic mass is 9.99. The normalized spacial score (nSPS) is 22.3. The second kappa shape index (κ2) is 7.00. The third-order valence-electron chi connectivity index (χ3n) is 5.38. The summed E-state index contributed by atoms with van der Waals surface area (Å²) < 4.78 is 0. The highest BCUT2D eigenvalue weighted by Gasteiger charge is 2.32. The number of hydrogen-bond acceptors (Lipinski definition) is 4. The first-order valence-corrected chi connectivity index (χ1v) is 9.21. The Labute approximate surface area is 158 Å². The molecule has 2 aliphatic heterocycles. The van der Waals surface area contributed by atoms with Gasteiger partial charge in [-0.2, -0.15) is 0 Å². The van der Waals surface area contributed by atoms with Crippen LogP contribution in [0.15, 0.2) is 42.6 Å². The number of nitrogens with one attached hydrogen (secondary N) is 2. The number of nitrogens with zero attached hydrogens (tertiary/aromatic N) is 3. The van der Waals surface area contributed by atoms with Crippen molar-refractivity contribution in [3.63, 3.8) is 0 Å². The molecule has 0 unspecified atom stereocenters. The van der Waals surface area contributed by atoms with Gasteiger partial charge >= 0.3 is 6.03 Å². The maximum Gasteiger partial charge on any atom is 0.328 e. The summed E-state index contributed by atoms with van der Waals surface area (Å²) in [6, 6.07) is 10.8. The fraction of sp³-hybridized carbons (Fsp3) is 0.350. The van der Waals surface area contributed by atoms with Gasteiger partial charge in [0.1, 0.15) is 0 Å². The molecule has 0 saturated carbocycles. The third kappa shape index (κ3) is 3.26. The number of anilines is 3. The number of carbonyl (C=O) groups excluding carboxylic acids is 2. The van der Waals surface area contributed by atoms with Crippen LogP contribution in [0.4, 0.5) is 22.0 Å². The average molecular weight is 365 g/mol. The second-order valence-corrected chi connectivity index (χ2v) is 7.18. The van der Waals surface area contributed by atoms with Crippen molar-refractivity contribution in [1.82, 2.24) is 15.2 Å². The number of aromatic nitrogens is 1. The fourth-order valence-corrected chi connectivity index (χ4v) is 3.70. The monoisotopic (exact) mass is 365 g/mol. The largest absolute Gasteiger partial charge is 0.335 e. The summed E-state index contributed by atoms with van der Waals surface area (Å²) in [5.74, 6) is 0.178. The van der Waals surface area contributed by atoms with Crippen molar-refractivity contribution in [3.05, 3.63) is 48.2 Å². The van der Waals surface area contributed by atoms with Crippen molar-refractivity contribution in [2.75, 3.05) is 23.8 Å². The first-order valence-electron chi connectivity index (χ1n) is 9.21. The highest BCUT2D eigenvalue weighted by Crippen LogP contribution is 2.36. The quantitative estimate of drug-likeness (QED) is 0.814. The molecule has 2 aliphatic rings. The molecule has 0 aliphatic carbocycles. The van der Waals surface area contributed by atoms with Crippen LogP contribution in [0.5, 0.6) is 0 Å². The van der Waals surface area contributed by atoms with Crippen molar-refractivity contribution >= 4 is 29.1 Å². The minimum atomic E-state index is -0.263. The molecule has 1 aromatic heterocycles. The lowest BCUT2D eigenvalue weighted by Crippen LogP contribution is -2.50. The molecule has 27 heavy (non-hydrogen) atoms. The highest BCUT2D eigenvalue weighted by atomic mass is 16.2. The molecule has 140 valence electrons. The molecule has 2 aromatic rings. The van der Waals surface area contributed by atoms with Crippen LogP contribution in [0.3, 0.4) is 0 Å². The molecule has 0 bridgehead atoms. The van der Waals surface area contributed by atoms with Gasteiger partial charge in [0.2, 0.25) is 0 Å². The molecule has 7 heteroatoms. The average Bonchev–Trinajstić information content (AvgIpc) is 2.79. The second-order valence-electron chi connectivity index (χ2n) is 7.18. The Hall–Kier alpha value is -2.93. The van der Waals surface area contributed by atoms with Crippen molar-refractivity contribution in [2.24, 2.45) is 0 Å². The molecule has 0 radical (unpaired) electrons. The molecule has 1 fully saturated rings. The fourth-order valence-electron chi connectivity index (χ4n) is 3.70. The van der Waals surface area contributed by atoms with Crippen molar-refractivity contribution < 1.29 is 9.59 Å². The minimum absolute atomic E-state index is 0.0925. The first-order chi connectivity index (χ1) is 13.0. The Kier molecular flexibility index (Phi) is 4.53. The Balaban J connectivity index is 1.70. The van der Waals surface area contributed by atoms with Gasteiger partial charge in [0.15, 0.2) is 5.82 Å². The van der Waals surface area contributed by atoms with Gasteiger partial charge in [-0.1, -0.05) is 12.1 Å². The van der Waals surface area contributed by atoms with E-state index in [-0.39, 0.29) is 18.0 Å². The zero-order chi connectivity index (χ0) is 19.0. The van der Waals surface area contributed by atoms with E-state index < -0.39 is 0 Å². The molecule has 3 heterocycles. The van der Waals surface area contributed by atoms with E-state index in [1.54, 1.807) is 36.5 Å². The summed E-state index contributed by atoms with van der Waals surface area (Å²) in [5.41, 5.74) is 1.50. The lowest BCUT2D eigenvalue weighted by Gasteiger charge is -2.36. The van der Waals surface area contributed by atoms with Crippen LogP contribution in [-0.2, 0) is 0 Å². The number of benzene rings is 1. The van der Waals surface area contributed by atoms with Crippen LogP contribution in [0.1, 0.15) is 30.1 Å². The van der Waals surface area contributed by atoms with Gasteiger partial charge in [-0.05, 0) is 51.1 Å². The Bertz CT molecular complexity index is 884. The van der Waals surface area contributed by atoms with Gasteiger partial charge in [-0.3, -0.25) is 4.79 Å². The van der Waals surface area contributed by atoms with Gasteiger partial charge in [-0.15, -0.1) is 0 Å². The van der Waals surface area contributed by atoms with E-state index in [0.717, 1.165) is 19.4 Å². The zero-order valence-electron chi connectivity index (χ0n) is 15.5. The standard InChI is InChI=1S/C20H23N5O2/c1-13-12-14(9-11-24(13)2)22-20(27)25-17-8-4-3-6-15(17)19(26)23-16-7-5-10-21-18(16)25/h3-8,10,13-14H,9,11-12H2,1-2H3,(H,22,27)(H,23,26)/t13-,14-/m0/s1. The molecule has 1 aromatic carbocycles. The summed E-state index contributed by atoms with van der Waals surface area (Å²) in [6.45, 7) is 3.11. The van der Waals surface area contributed by atoms with Crippen LogP contribution < -0.4 is 15.5 Å².